The number of H-pyrrole nitrogens is 1. The van der Waals surface area contributed by atoms with Crippen molar-refractivity contribution in [1.29, 1.82) is 0 Å². The summed E-state index contributed by atoms with van der Waals surface area (Å²) < 4.78 is 14.4. The molecule has 0 fully saturated rings. The molecule has 0 saturated carbocycles. The van der Waals surface area contributed by atoms with Crippen LogP contribution in [0.4, 0.5) is 4.39 Å². The summed E-state index contributed by atoms with van der Waals surface area (Å²) in [5.41, 5.74) is 0.385. The van der Waals surface area contributed by atoms with Crippen molar-refractivity contribution in [2.45, 2.75) is 25.7 Å². The summed E-state index contributed by atoms with van der Waals surface area (Å²) in [5.74, 6) is -2.30. The molecule has 0 saturated heterocycles. The van der Waals surface area contributed by atoms with Gasteiger partial charge in [0.2, 0.25) is 11.7 Å². The van der Waals surface area contributed by atoms with Crippen LogP contribution in [0.15, 0.2) is 27.8 Å². The molecule has 0 atom stereocenters. The van der Waals surface area contributed by atoms with Gasteiger partial charge in [-0.25, -0.2) is 9.36 Å². The number of rotatable bonds is 1. The topological polar surface area (TPSA) is 75.1 Å². The predicted molar refractivity (Wildman–Crippen MR) is 70.9 cm³/mol. The van der Waals surface area contributed by atoms with Gasteiger partial charge in [0.1, 0.15) is 0 Å². The number of nitrogens with zero attached hydrogens (tertiary/aromatic N) is 1. The van der Waals surface area contributed by atoms with Crippen LogP contribution >= 0.6 is 0 Å². The minimum atomic E-state index is -1.35. The Morgan fingerprint density at radius 3 is 2.75 bits per heavy atom. The second-order valence-electron chi connectivity index (χ2n) is 4.85. The van der Waals surface area contributed by atoms with Crippen molar-refractivity contribution < 1.29 is 9.50 Å². The Balaban J connectivity index is 2.33. The molecule has 0 unspecified atom stereocenters. The number of halogens is 1. The largest absolute Gasteiger partial charge is 0.492 e. The van der Waals surface area contributed by atoms with Gasteiger partial charge in [0.05, 0.1) is 5.69 Å². The van der Waals surface area contributed by atoms with Gasteiger partial charge in [-0.05, 0) is 42.9 Å². The highest BCUT2D eigenvalue weighted by Crippen LogP contribution is 2.28. The zero-order chi connectivity index (χ0) is 14.3. The van der Waals surface area contributed by atoms with Crippen molar-refractivity contribution in [3.05, 3.63) is 56.0 Å². The van der Waals surface area contributed by atoms with Crippen molar-refractivity contribution in [2.75, 3.05) is 0 Å². The van der Waals surface area contributed by atoms with E-state index < -0.39 is 22.9 Å². The molecule has 6 heteroatoms. The van der Waals surface area contributed by atoms with Gasteiger partial charge in [0.25, 0.3) is 5.56 Å². The van der Waals surface area contributed by atoms with Gasteiger partial charge >= 0.3 is 5.69 Å². The number of benzene rings is 1. The molecule has 0 amide bonds. The lowest BCUT2D eigenvalue weighted by molar-refractivity contribution is 0.385. The van der Waals surface area contributed by atoms with Crippen LogP contribution < -0.4 is 11.2 Å². The number of aromatic hydroxyl groups is 1. The summed E-state index contributed by atoms with van der Waals surface area (Å²) in [4.78, 5) is 24.9. The van der Waals surface area contributed by atoms with Gasteiger partial charge in [-0.2, -0.15) is 4.39 Å². The number of fused-ring (bicyclic) bond motifs is 1. The lowest BCUT2D eigenvalue weighted by Crippen LogP contribution is -2.31. The average molecular weight is 276 g/mol. The molecule has 1 aromatic carbocycles. The van der Waals surface area contributed by atoms with E-state index in [0.717, 1.165) is 41.4 Å². The Morgan fingerprint density at radius 1 is 1.20 bits per heavy atom. The van der Waals surface area contributed by atoms with E-state index in [0.29, 0.717) is 5.69 Å². The zero-order valence-electron chi connectivity index (χ0n) is 10.6. The monoisotopic (exact) mass is 276 g/mol. The first-order valence-corrected chi connectivity index (χ1v) is 6.44. The first kappa shape index (κ1) is 12.7. The Bertz CT molecular complexity index is 792. The summed E-state index contributed by atoms with van der Waals surface area (Å²) in [5, 5.41) is 9.78. The van der Waals surface area contributed by atoms with E-state index in [1.54, 1.807) is 12.1 Å². The maximum atomic E-state index is 13.5. The molecule has 1 aliphatic rings. The molecular formula is C14H13FN2O3. The van der Waals surface area contributed by atoms with Gasteiger partial charge in [0.15, 0.2) is 0 Å². The quantitative estimate of drug-likeness (QED) is 0.823. The molecule has 3 rings (SSSR count). The third kappa shape index (κ3) is 1.84. The molecule has 1 aromatic heterocycles. The second kappa shape index (κ2) is 4.63. The molecule has 20 heavy (non-hydrogen) atoms. The summed E-state index contributed by atoms with van der Waals surface area (Å²) in [7, 11) is 0. The van der Waals surface area contributed by atoms with E-state index in [2.05, 4.69) is 0 Å². The summed E-state index contributed by atoms with van der Waals surface area (Å²) in [6.07, 6.45) is 3.70. The molecule has 1 heterocycles. The highest BCUT2D eigenvalue weighted by atomic mass is 19.1. The van der Waals surface area contributed by atoms with Crippen LogP contribution in [0.5, 0.6) is 5.88 Å². The Hall–Kier alpha value is -2.37. The lowest BCUT2D eigenvalue weighted by atomic mass is 9.90. The Morgan fingerprint density at radius 2 is 1.95 bits per heavy atom. The van der Waals surface area contributed by atoms with Crippen LogP contribution in [0.1, 0.15) is 24.0 Å². The predicted octanol–water partition coefficient (Wildman–Crippen LogP) is 1.25. The third-order valence-electron chi connectivity index (χ3n) is 3.64. The van der Waals surface area contributed by atoms with Gasteiger partial charge in [0, 0.05) is 0 Å². The van der Waals surface area contributed by atoms with E-state index in [1.807, 2.05) is 11.1 Å². The first-order chi connectivity index (χ1) is 9.59. The van der Waals surface area contributed by atoms with Crippen LogP contribution in [-0.4, -0.2) is 14.7 Å². The zero-order valence-corrected chi connectivity index (χ0v) is 10.6. The Kier molecular flexibility index (Phi) is 2.93. The van der Waals surface area contributed by atoms with E-state index >= 15 is 0 Å². The van der Waals surface area contributed by atoms with Gasteiger partial charge in [-0.1, -0.05) is 12.1 Å². The lowest BCUT2D eigenvalue weighted by Gasteiger charge is -2.20. The SMILES string of the molecule is O=c1[nH]c(=O)n(-c2cccc3c2CCCC3)c(O)c1F. The maximum Gasteiger partial charge on any atom is 0.335 e. The average Bonchev–Trinajstić information content (AvgIpc) is 2.45. The number of hydrogen-bond acceptors (Lipinski definition) is 3. The van der Waals surface area contributed by atoms with Crippen LogP contribution in [0.3, 0.4) is 0 Å². The molecule has 2 N–H and O–H groups in total. The summed E-state index contributed by atoms with van der Waals surface area (Å²) >= 11 is 0. The molecule has 2 aromatic rings. The number of aryl methyl sites for hydroxylation is 1. The standard InChI is InChI=1S/C14H13FN2O3/c15-11-12(18)16-14(20)17(13(11)19)10-7-3-5-8-4-1-2-6-9(8)10/h3,5,7,19H,1-2,4,6H2,(H,16,18,20). The molecule has 5 nitrogen and oxygen atoms in total. The molecule has 0 aliphatic heterocycles. The van der Waals surface area contributed by atoms with Gasteiger partial charge < -0.3 is 5.11 Å². The van der Waals surface area contributed by atoms with Crippen LogP contribution in [-0.2, 0) is 12.8 Å². The van der Waals surface area contributed by atoms with E-state index in [4.69, 9.17) is 0 Å². The number of aromatic nitrogens is 2. The minimum Gasteiger partial charge on any atom is -0.492 e. The molecule has 1 aliphatic carbocycles. The third-order valence-corrected chi connectivity index (χ3v) is 3.64. The van der Waals surface area contributed by atoms with Crippen molar-refractivity contribution in [2.24, 2.45) is 0 Å². The first-order valence-electron chi connectivity index (χ1n) is 6.44. The second-order valence-corrected chi connectivity index (χ2v) is 4.85. The molecule has 0 spiro atoms. The number of aromatic amines is 1. The fourth-order valence-electron chi connectivity index (χ4n) is 2.70. The van der Waals surface area contributed by atoms with Gasteiger partial charge in [-0.3, -0.25) is 9.78 Å². The normalized spacial score (nSPS) is 14.1. The van der Waals surface area contributed by atoms with Crippen molar-refractivity contribution in [3.63, 3.8) is 0 Å². The van der Waals surface area contributed by atoms with Gasteiger partial charge in [-0.15, -0.1) is 0 Å². The smallest absolute Gasteiger partial charge is 0.335 e. The summed E-state index contributed by atoms with van der Waals surface area (Å²) in [6.45, 7) is 0. The minimum absolute atomic E-state index is 0.430. The van der Waals surface area contributed by atoms with Crippen molar-refractivity contribution in [3.8, 4) is 11.6 Å². The molecule has 104 valence electrons. The maximum absolute atomic E-state index is 13.5. The van der Waals surface area contributed by atoms with E-state index in [9.17, 15) is 19.1 Å². The highest BCUT2D eigenvalue weighted by Gasteiger charge is 2.20. The fraction of sp³-hybridized carbons (Fsp3) is 0.286. The molecule has 0 bridgehead atoms. The fourth-order valence-corrected chi connectivity index (χ4v) is 2.70. The van der Waals surface area contributed by atoms with E-state index in [-0.39, 0.29) is 0 Å². The highest BCUT2D eigenvalue weighted by molar-refractivity contribution is 5.48. The number of nitrogens with one attached hydrogen (secondary N) is 1. The number of hydrogen-bond donors (Lipinski definition) is 2. The summed E-state index contributed by atoms with van der Waals surface area (Å²) in [6, 6.07) is 5.36. The van der Waals surface area contributed by atoms with E-state index in [1.165, 1.54) is 0 Å². The van der Waals surface area contributed by atoms with Crippen molar-refractivity contribution >= 4 is 0 Å². The Labute approximate surface area is 113 Å². The molecule has 0 radical (unpaired) electrons. The van der Waals surface area contributed by atoms with Crippen LogP contribution in [0.25, 0.3) is 5.69 Å². The van der Waals surface area contributed by atoms with Crippen molar-refractivity contribution in [1.82, 2.24) is 9.55 Å². The molecular weight excluding hydrogens is 263 g/mol. The van der Waals surface area contributed by atoms with Crippen LogP contribution in [0, 0.1) is 5.82 Å². The van der Waals surface area contributed by atoms with Crippen LogP contribution in [0.2, 0.25) is 0 Å².